The molecule has 1 aromatic carbocycles. The average molecular weight is 527 g/mol. The molecule has 4 fully saturated rings. The summed E-state index contributed by atoms with van der Waals surface area (Å²) in [5, 5.41) is 7.63. The van der Waals surface area contributed by atoms with Crippen LogP contribution in [0.5, 0.6) is 0 Å². The van der Waals surface area contributed by atoms with Gasteiger partial charge in [-0.05, 0) is 68.8 Å². The highest BCUT2D eigenvalue weighted by Crippen LogP contribution is 2.41. The Morgan fingerprint density at radius 1 is 1.11 bits per heavy atom. The molecule has 1 N–H and O–H groups in total. The highest BCUT2D eigenvalue weighted by atomic mass is 35.5. The zero-order valence-corrected chi connectivity index (χ0v) is 22.1. The van der Waals surface area contributed by atoms with Crippen LogP contribution in [0.1, 0.15) is 51.0 Å². The number of nitrogens with one attached hydrogen (secondary N) is 1. The Balaban J connectivity index is 1.12. The van der Waals surface area contributed by atoms with Gasteiger partial charge < -0.3 is 19.9 Å². The van der Waals surface area contributed by atoms with E-state index in [1.54, 1.807) is 12.3 Å². The van der Waals surface area contributed by atoms with Gasteiger partial charge in [-0.1, -0.05) is 11.6 Å². The predicted molar refractivity (Wildman–Crippen MR) is 142 cm³/mol. The van der Waals surface area contributed by atoms with Gasteiger partial charge in [-0.2, -0.15) is 4.68 Å². The maximum absolute atomic E-state index is 13.0. The van der Waals surface area contributed by atoms with Crippen LogP contribution in [0.2, 0.25) is 5.02 Å². The van der Waals surface area contributed by atoms with Crippen molar-refractivity contribution in [2.75, 3.05) is 43.1 Å². The van der Waals surface area contributed by atoms with Gasteiger partial charge in [0.05, 0.1) is 25.3 Å². The highest BCUT2D eigenvalue weighted by molar-refractivity contribution is 6.31. The Hall–Kier alpha value is -2.62. The van der Waals surface area contributed by atoms with Crippen molar-refractivity contribution in [1.29, 1.82) is 0 Å². The van der Waals surface area contributed by atoms with E-state index in [0.29, 0.717) is 31.0 Å². The quantitative estimate of drug-likeness (QED) is 0.649. The first-order chi connectivity index (χ1) is 17.9. The number of carbonyl (C=O) groups is 2. The first-order valence-electron chi connectivity index (χ1n) is 13.4. The van der Waals surface area contributed by atoms with Gasteiger partial charge in [0.1, 0.15) is 0 Å². The van der Waals surface area contributed by atoms with Crippen LogP contribution in [0, 0.1) is 0 Å². The third-order valence-electron chi connectivity index (χ3n) is 8.65. The number of halogens is 1. The summed E-state index contributed by atoms with van der Waals surface area (Å²) in [6.45, 7) is 6.37. The van der Waals surface area contributed by atoms with Gasteiger partial charge in [0.15, 0.2) is 5.82 Å². The van der Waals surface area contributed by atoms with Gasteiger partial charge in [0.2, 0.25) is 5.91 Å². The summed E-state index contributed by atoms with van der Waals surface area (Å²) in [6, 6.07) is 8.96. The van der Waals surface area contributed by atoms with Gasteiger partial charge in [-0.15, -0.1) is 5.10 Å². The van der Waals surface area contributed by atoms with E-state index in [-0.39, 0.29) is 17.5 Å². The number of amides is 2. The molecule has 0 saturated carbocycles. The van der Waals surface area contributed by atoms with E-state index in [9.17, 15) is 9.59 Å². The van der Waals surface area contributed by atoms with Crippen molar-refractivity contribution in [2.24, 2.45) is 0 Å². The molecule has 2 amide bonds. The van der Waals surface area contributed by atoms with Gasteiger partial charge in [-0.25, -0.2) is 4.79 Å². The second kappa shape index (κ2) is 9.93. The molecule has 0 aliphatic carbocycles. The molecule has 2 atom stereocenters. The smallest absolute Gasteiger partial charge is 0.344 e. The number of aromatic nitrogens is 2. The second-order valence-corrected chi connectivity index (χ2v) is 11.4. The highest BCUT2D eigenvalue weighted by Gasteiger charge is 2.44. The Morgan fingerprint density at radius 3 is 2.59 bits per heavy atom. The number of fused-ring (bicyclic) bond motifs is 2. The van der Waals surface area contributed by atoms with Crippen LogP contribution in [-0.4, -0.2) is 82.0 Å². The van der Waals surface area contributed by atoms with Crippen molar-refractivity contribution in [3.63, 3.8) is 0 Å². The maximum atomic E-state index is 13.0. The normalized spacial score (nSPS) is 25.1. The van der Waals surface area contributed by atoms with Crippen LogP contribution >= 0.6 is 11.6 Å². The molecule has 9 nitrogen and oxygen atoms in total. The summed E-state index contributed by atoms with van der Waals surface area (Å²) in [4.78, 5) is 31.3. The first-order valence-corrected chi connectivity index (χ1v) is 13.8. The van der Waals surface area contributed by atoms with E-state index in [2.05, 4.69) is 38.4 Å². The van der Waals surface area contributed by atoms with Gasteiger partial charge in [0.25, 0.3) is 0 Å². The molecule has 2 aromatic rings. The van der Waals surface area contributed by atoms with E-state index >= 15 is 0 Å². The first kappa shape index (κ1) is 24.7. The lowest BCUT2D eigenvalue weighted by Crippen LogP contribution is -2.53. The number of rotatable bonds is 4. The molecule has 2 unspecified atom stereocenters. The monoisotopic (exact) mass is 526 g/mol. The SMILES string of the molecule is CC(=O)Nc1ccn(C(=O)N2CCC3(CCCN3Cc3cc(Cl)cc(N4C5CCC4COC5)c3)CC2)n1. The van der Waals surface area contributed by atoms with Crippen molar-refractivity contribution in [3.8, 4) is 0 Å². The lowest BCUT2D eigenvalue weighted by Gasteiger charge is -2.45. The Labute approximate surface area is 222 Å². The number of piperidine rings is 1. The molecule has 4 aliphatic heterocycles. The minimum Gasteiger partial charge on any atom is -0.377 e. The summed E-state index contributed by atoms with van der Waals surface area (Å²) in [5.41, 5.74) is 2.60. The van der Waals surface area contributed by atoms with Gasteiger partial charge in [-0.3, -0.25) is 9.69 Å². The van der Waals surface area contributed by atoms with Crippen molar-refractivity contribution in [1.82, 2.24) is 19.6 Å². The molecule has 1 aromatic heterocycles. The number of morpholine rings is 1. The van der Waals surface area contributed by atoms with Gasteiger partial charge >= 0.3 is 6.03 Å². The number of hydrogen-bond donors (Lipinski definition) is 1. The van der Waals surface area contributed by atoms with Crippen molar-refractivity contribution in [2.45, 2.75) is 69.6 Å². The Bertz CT molecular complexity index is 1160. The minimum atomic E-state index is -0.205. The molecule has 198 valence electrons. The van der Waals surface area contributed by atoms with Crippen LogP contribution in [0.25, 0.3) is 0 Å². The van der Waals surface area contributed by atoms with E-state index in [1.165, 1.54) is 42.1 Å². The maximum Gasteiger partial charge on any atom is 0.344 e. The molecule has 5 heterocycles. The Morgan fingerprint density at radius 2 is 1.86 bits per heavy atom. The molecule has 2 bridgehead atoms. The van der Waals surface area contributed by atoms with Crippen LogP contribution in [0.4, 0.5) is 16.3 Å². The largest absolute Gasteiger partial charge is 0.377 e. The number of anilines is 2. The summed E-state index contributed by atoms with van der Waals surface area (Å²) in [5.74, 6) is 0.185. The second-order valence-electron chi connectivity index (χ2n) is 11.0. The molecule has 4 saturated heterocycles. The zero-order chi connectivity index (χ0) is 25.6. The molecule has 10 heteroatoms. The van der Waals surface area contributed by atoms with E-state index in [4.69, 9.17) is 16.3 Å². The Kier molecular flexibility index (Phi) is 6.63. The number of hydrogen-bond acceptors (Lipinski definition) is 6. The topological polar surface area (TPSA) is 82.9 Å². The fraction of sp³-hybridized carbons (Fsp3) is 0.593. The molecular weight excluding hydrogens is 492 g/mol. The third-order valence-corrected chi connectivity index (χ3v) is 8.87. The van der Waals surface area contributed by atoms with Crippen molar-refractivity contribution < 1.29 is 14.3 Å². The standard InChI is InChI=1S/C27H35ClN6O3/c1-19(35)29-25-5-10-33(30-25)26(36)31-11-7-27(8-12-31)6-2-9-32(27)16-20-13-21(28)15-24(14-20)34-22-3-4-23(34)18-37-17-22/h5,10,13-15,22-23H,2-4,6-9,11-12,16-18H2,1H3,(H,29,30,35). The third kappa shape index (κ3) is 4.84. The van der Waals surface area contributed by atoms with Crippen LogP contribution < -0.4 is 10.2 Å². The minimum absolute atomic E-state index is 0.114. The van der Waals surface area contributed by atoms with E-state index in [0.717, 1.165) is 50.6 Å². The predicted octanol–water partition coefficient (Wildman–Crippen LogP) is 3.96. The van der Waals surface area contributed by atoms with E-state index < -0.39 is 0 Å². The van der Waals surface area contributed by atoms with Crippen molar-refractivity contribution in [3.05, 3.63) is 41.0 Å². The number of ether oxygens (including phenoxy) is 1. The van der Waals surface area contributed by atoms with Gasteiger partial charge in [0, 0.05) is 55.1 Å². The summed E-state index contributed by atoms with van der Waals surface area (Å²) >= 11 is 6.64. The lowest BCUT2D eigenvalue weighted by molar-refractivity contribution is -0.114. The molecule has 4 aliphatic rings. The summed E-state index contributed by atoms with van der Waals surface area (Å²) in [6.07, 6.45) is 8.20. The van der Waals surface area contributed by atoms with E-state index in [1.807, 2.05) is 4.90 Å². The summed E-state index contributed by atoms with van der Waals surface area (Å²) in [7, 11) is 0. The molecule has 6 rings (SSSR count). The fourth-order valence-corrected chi connectivity index (χ4v) is 7.14. The lowest BCUT2D eigenvalue weighted by atomic mass is 9.84. The average Bonchev–Trinajstić information content (AvgIpc) is 3.55. The number of nitrogens with zero attached hydrogens (tertiary/aromatic N) is 5. The van der Waals surface area contributed by atoms with Crippen molar-refractivity contribution >= 4 is 35.0 Å². The number of likely N-dealkylation sites (tertiary alicyclic amines) is 2. The van der Waals surface area contributed by atoms with Crippen LogP contribution in [-0.2, 0) is 16.1 Å². The molecular formula is C27H35ClN6O3. The van der Waals surface area contributed by atoms with Crippen LogP contribution in [0.3, 0.4) is 0 Å². The summed E-state index contributed by atoms with van der Waals surface area (Å²) < 4.78 is 7.11. The zero-order valence-electron chi connectivity index (χ0n) is 21.4. The van der Waals surface area contributed by atoms with Crippen LogP contribution in [0.15, 0.2) is 30.5 Å². The molecule has 37 heavy (non-hydrogen) atoms. The number of benzene rings is 1. The number of carbonyl (C=O) groups excluding carboxylic acids is 2. The molecule has 1 spiro atoms. The fourth-order valence-electron chi connectivity index (χ4n) is 6.89. The molecule has 0 radical (unpaired) electrons.